The largest absolute Gasteiger partial charge is 0.328 e. The van der Waals surface area contributed by atoms with Crippen LogP contribution in [0.4, 0.5) is 0 Å². The van der Waals surface area contributed by atoms with Gasteiger partial charge in [-0.25, -0.2) is 0 Å². The number of aryl methyl sites for hydroxylation is 2. The molecule has 0 spiro atoms. The van der Waals surface area contributed by atoms with Gasteiger partial charge in [0.25, 0.3) is 0 Å². The lowest BCUT2D eigenvalue weighted by Gasteiger charge is -2.21. The number of nitrogens with zero attached hydrogens (tertiary/aromatic N) is 4. The highest BCUT2D eigenvalue weighted by atomic mass is 32.1. The van der Waals surface area contributed by atoms with E-state index in [1.54, 1.807) is 0 Å². The van der Waals surface area contributed by atoms with Crippen molar-refractivity contribution in [2.75, 3.05) is 19.6 Å². The standard InChI is InChI=1S/C13H21N5S/c1-9(8-17-6-4-5-7-17)18-12-11(14-13(18)19)10(2)15-16(12)3/h9H,4-8H2,1-3H3,(H,14,19). The lowest BCUT2D eigenvalue weighted by atomic mass is 10.3. The van der Waals surface area contributed by atoms with Gasteiger partial charge in [-0.1, -0.05) is 0 Å². The van der Waals surface area contributed by atoms with E-state index in [0.29, 0.717) is 6.04 Å². The number of hydrogen-bond donors (Lipinski definition) is 1. The molecular weight excluding hydrogens is 258 g/mol. The molecule has 0 saturated carbocycles. The highest BCUT2D eigenvalue weighted by molar-refractivity contribution is 7.71. The fourth-order valence-corrected chi connectivity index (χ4v) is 3.53. The number of H-pyrrole nitrogens is 1. The summed E-state index contributed by atoms with van der Waals surface area (Å²) in [5.41, 5.74) is 3.19. The topological polar surface area (TPSA) is 41.8 Å². The van der Waals surface area contributed by atoms with Crippen LogP contribution in [-0.2, 0) is 7.05 Å². The first-order valence-electron chi connectivity index (χ1n) is 6.94. The van der Waals surface area contributed by atoms with Crippen molar-refractivity contribution in [3.63, 3.8) is 0 Å². The monoisotopic (exact) mass is 279 g/mol. The summed E-state index contributed by atoms with van der Waals surface area (Å²) in [6, 6.07) is 0.370. The van der Waals surface area contributed by atoms with Crippen LogP contribution in [0.2, 0.25) is 0 Å². The Kier molecular flexibility index (Phi) is 3.22. The summed E-state index contributed by atoms with van der Waals surface area (Å²) >= 11 is 5.49. The second-order valence-corrected chi connectivity index (χ2v) is 5.95. The molecule has 1 aliphatic rings. The molecule has 1 aliphatic heterocycles. The van der Waals surface area contributed by atoms with Gasteiger partial charge >= 0.3 is 0 Å². The van der Waals surface area contributed by atoms with Crippen molar-refractivity contribution >= 4 is 23.4 Å². The highest BCUT2D eigenvalue weighted by Crippen LogP contribution is 2.22. The lowest BCUT2D eigenvalue weighted by molar-refractivity contribution is 0.288. The fraction of sp³-hybridized carbons (Fsp3) is 0.692. The number of imidazole rings is 1. The second-order valence-electron chi connectivity index (χ2n) is 5.56. The molecule has 1 N–H and O–H groups in total. The van der Waals surface area contributed by atoms with Gasteiger partial charge in [-0.15, -0.1) is 0 Å². The van der Waals surface area contributed by atoms with Crippen molar-refractivity contribution < 1.29 is 0 Å². The van der Waals surface area contributed by atoms with Gasteiger partial charge in [-0.2, -0.15) is 5.10 Å². The number of rotatable bonds is 3. The van der Waals surface area contributed by atoms with Crippen LogP contribution < -0.4 is 0 Å². The zero-order valence-electron chi connectivity index (χ0n) is 11.8. The van der Waals surface area contributed by atoms with E-state index in [0.717, 1.165) is 28.2 Å². The molecule has 3 rings (SSSR count). The molecule has 0 bridgehead atoms. The van der Waals surface area contributed by atoms with E-state index < -0.39 is 0 Å². The molecule has 1 fully saturated rings. The van der Waals surface area contributed by atoms with Crippen molar-refractivity contribution in [1.82, 2.24) is 24.2 Å². The normalized spacial score (nSPS) is 18.5. The molecule has 6 heteroatoms. The number of aromatic amines is 1. The van der Waals surface area contributed by atoms with Gasteiger partial charge in [0.1, 0.15) is 5.52 Å². The number of hydrogen-bond acceptors (Lipinski definition) is 3. The molecular formula is C13H21N5S. The molecule has 2 aromatic rings. The van der Waals surface area contributed by atoms with Gasteiger partial charge in [-0.05, 0) is 52.0 Å². The zero-order valence-corrected chi connectivity index (χ0v) is 12.6. The summed E-state index contributed by atoms with van der Waals surface area (Å²) in [5, 5.41) is 4.47. The van der Waals surface area contributed by atoms with Crippen LogP contribution in [0.5, 0.6) is 0 Å². The van der Waals surface area contributed by atoms with Crippen LogP contribution >= 0.6 is 12.2 Å². The maximum atomic E-state index is 5.49. The first kappa shape index (κ1) is 12.9. The molecule has 2 aromatic heterocycles. The summed E-state index contributed by atoms with van der Waals surface area (Å²) in [6.07, 6.45) is 2.65. The molecule has 1 saturated heterocycles. The summed E-state index contributed by atoms with van der Waals surface area (Å²) < 4.78 is 4.94. The van der Waals surface area contributed by atoms with E-state index in [9.17, 15) is 0 Å². The van der Waals surface area contributed by atoms with E-state index in [1.807, 2.05) is 18.7 Å². The van der Waals surface area contributed by atoms with Gasteiger partial charge in [0.05, 0.1) is 5.69 Å². The van der Waals surface area contributed by atoms with Gasteiger partial charge < -0.3 is 9.88 Å². The minimum atomic E-state index is 0.370. The van der Waals surface area contributed by atoms with Gasteiger partial charge in [0.2, 0.25) is 0 Å². The van der Waals surface area contributed by atoms with Crippen molar-refractivity contribution in [3.05, 3.63) is 10.5 Å². The minimum Gasteiger partial charge on any atom is -0.328 e. The maximum Gasteiger partial charge on any atom is 0.179 e. The van der Waals surface area contributed by atoms with Crippen molar-refractivity contribution in [1.29, 1.82) is 0 Å². The minimum absolute atomic E-state index is 0.370. The van der Waals surface area contributed by atoms with E-state index in [1.165, 1.54) is 25.9 Å². The van der Waals surface area contributed by atoms with Crippen LogP contribution in [0.1, 0.15) is 31.5 Å². The molecule has 0 aliphatic carbocycles. The van der Waals surface area contributed by atoms with Crippen molar-refractivity contribution in [2.24, 2.45) is 7.05 Å². The third-order valence-corrected chi connectivity index (χ3v) is 4.33. The van der Waals surface area contributed by atoms with Gasteiger partial charge in [0.15, 0.2) is 10.4 Å². The molecule has 1 atom stereocenters. The predicted molar refractivity (Wildman–Crippen MR) is 79.0 cm³/mol. The summed E-state index contributed by atoms with van der Waals surface area (Å²) in [7, 11) is 1.98. The lowest BCUT2D eigenvalue weighted by Crippen LogP contribution is -2.27. The van der Waals surface area contributed by atoms with Crippen LogP contribution in [0.15, 0.2) is 0 Å². The smallest absolute Gasteiger partial charge is 0.179 e. The van der Waals surface area contributed by atoms with Gasteiger partial charge in [-0.3, -0.25) is 9.25 Å². The molecule has 5 nitrogen and oxygen atoms in total. The number of likely N-dealkylation sites (tertiary alicyclic amines) is 1. The quantitative estimate of drug-likeness (QED) is 0.877. The Labute approximate surface area is 118 Å². The van der Waals surface area contributed by atoms with Crippen molar-refractivity contribution in [3.8, 4) is 0 Å². The van der Waals surface area contributed by atoms with Crippen LogP contribution in [0.3, 0.4) is 0 Å². The Morgan fingerprint density at radius 1 is 1.37 bits per heavy atom. The van der Waals surface area contributed by atoms with E-state index >= 15 is 0 Å². The zero-order chi connectivity index (χ0) is 13.6. The number of fused-ring (bicyclic) bond motifs is 1. The molecule has 104 valence electrons. The Balaban J connectivity index is 1.98. The first-order chi connectivity index (χ1) is 9.08. The van der Waals surface area contributed by atoms with Crippen LogP contribution in [-0.4, -0.2) is 43.9 Å². The number of aromatic nitrogens is 4. The fourth-order valence-electron chi connectivity index (χ4n) is 3.16. The van der Waals surface area contributed by atoms with Crippen LogP contribution in [0, 0.1) is 11.7 Å². The Bertz CT molecular complexity index is 644. The van der Waals surface area contributed by atoms with Gasteiger partial charge in [0, 0.05) is 19.6 Å². The predicted octanol–water partition coefficient (Wildman–Crippen LogP) is 2.40. The molecule has 0 radical (unpaired) electrons. The third kappa shape index (κ3) is 2.12. The van der Waals surface area contributed by atoms with Crippen LogP contribution in [0.25, 0.3) is 11.2 Å². The molecule has 0 aromatic carbocycles. The molecule has 0 amide bonds. The second kappa shape index (κ2) is 4.76. The summed E-state index contributed by atoms with van der Waals surface area (Å²) in [6.45, 7) is 7.75. The third-order valence-electron chi connectivity index (χ3n) is 4.03. The Morgan fingerprint density at radius 2 is 2.05 bits per heavy atom. The number of nitrogens with one attached hydrogen (secondary N) is 1. The van der Waals surface area contributed by atoms with Crippen molar-refractivity contribution in [2.45, 2.75) is 32.7 Å². The Hall–Kier alpha value is -1.14. The molecule has 3 heterocycles. The van der Waals surface area contributed by atoms with E-state index in [-0.39, 0.29) is 0 Å². The average Bonchev–Trinajstić information content (AvgIpc) is 3.00. The SMILES string of the molecule is Cc1nn(C)c2c1[nH]c(=S)n2C(C)CN1CCCC1. The van der Waals surface area contributed by atoms with E-state index in [2.05, 4.69) is 26.5 Å². The Morgan fingerprint density at radius 3 is 2.74 bits per heavy atom. The molecule has 1 unspecified atom stereocenters. The van der Waals surface area contributed by atoms with E-state index in [4.69, 9.17) is 12.2 Å². The maximum absolute atomic E-state index is 5.49. The first-order valence-corrected chi connectivity index (χ1v) is 7.35. The highest BCUT2D eigenvalue weighted by Gasteiger charge is 2.20. The average molecular weight is 279 g/mol. The summed E-state index contributed by atoms with van der Waals surface area (Å²) in [5.74, 6) is 0. The summed E-state index contributed by atoms with van der Waals surface area (Å²) in [4.78, 5) is 5.82. The molecule has 19 heavy (non-hydrogen) atoms.